The fourth-order valence-corrected chi connectivity index (χ4v) is 12.1. The molecular weight excluding hydrogens is 970 g/mol. The zero-order valence-electron chi connectivity index (χ0n) is 43.4. The van der Waals surface area contributed by atoms with Gasteiger partial charge in [0, 0.05) is 73.8 Å². The molecule has 73 heavy (non-hydrogen) atoms. The number of carbonyl (C=O) groups is 4. The largest absolute Gasteiger partial charge is 0.489 e. The lowest BCUT2D eigenvalue weighted by Crippen LogP contribution is -2.74. The van der Waals surface area contributed by atoms with Crippen molar-refractivity contribution < 1.29 is 38.9 Å². The molecule has 19 heteroatoms. The van der Waals surface area contributed by atoms with Crippen molar-refractivity contribution in [2.45, 2.75) is 124 Å². The van der Waals surface area contributed by atoms with Gasteiger partial charge in [-0.2, -0.15) is 5.26 Å². The number of anilines is 1. The Balaban J connectivity index is 0.867. The molecule has 4 heterocycles. The lowest BCUT2D eigenvalue weighted by Gasteiger charge is -2.63. The van der Waals surface area contributed by atoms with Gasteiger partial charge in [-0.3, -0.25) is 24.1 Å². The lowest BCUT2D eigenvalue weighted by molar-refractivity contribution is -0.164. The molecule has 2 aromatic carbocycles. The third-order valence-corrected chi connectivity index (χ3v) is 16.0. The molecule has 17 nitrogen and oxygen atoms in total. The molecule has 1 saturated carbocycles. The monoisotopic (exact) mass is 1040 g/mol. The zero-order valence-corrected chi connectivity index (χ0v) is 45.0. The van der Waals surface area contributed by atoms with Gasteiger partial charge in [-0.05, 0) is 61.6 Å². The third kappa shape index (κ3) is 12.1. The number of aryl methyl sites for hydroxylation is 1. The maximum absolute atomic E-state index is 14.2. The molecule has 2 aromatic heterocycles. The van der Waals surface area contributed by atoms with E-state index < -0.39 is 58.2 Å². The summed E-state index contributed by atoms with van der Waals surface area (Å²) in [4.78, 5) is 70.9. The van der Waals surface area contributed by atoms with Gasteiger partial charge in [0.2, 0.25) is 17.7 Å². The highest BCUT2D eigenvalue weighted by molar-refractivity contribution is 7.13. The van der Waals surface area contributed by atoms with Gasteiger partial charge in [0.05, 0.1) is 57.6 Å². The summed E-state index contributed by atoms with van der Waals surface area (Å²) in [6.45, 7) is 21.3. The average Bonchev–Trinajstić information content (AvgIpc) is 3.97. The van der Waals surface area contributed by atoms with Gasteiger partial charge >= 0.3 is 0 Å². The van der Waals surface area contributed by atoms with Crippen LogP contribution in [0, 0.1) is 34.5 Å². The smallest absolute Gasteiger partial charge is 0.253 e. The van der Waals surface area contributed by atoms with Crippen LogP contribution in [-0.4, -0.2) is 142 Å². The van der Waals surface area contributed by atoms with Crippen molar-refractivity contribution in [3.63, 3.8) is 0 Å². The number of aliphatic hydroxyl groups is 2. The summed E-state index contributed by atoms with van der Waals surface area (Å²) >= 11 is 7.80. The Morgan fingerprint density at radius 2 is 1.66 bits per heavy atom. The van der Waals surface area contributed by atoms with Gasteiger partial charge in [0.25, 0.3) is 5.91 Å². The van der Waals surface area contributed by atoms with Crippen molar-refractivity contribution in [2.24, 2.45) is 16.2 Å². The molecule has 2 aliphatic heterocycles. The number of ether oxygens (including phenoxy) is 2. The van der Waals surface area contributed by atoms with E-state index in [1.165, 1.54) is 16.2 Å². The number of nitrogens with zero attached hydrogens (tertiary/aromatic N) is 6. The Hall–Kier alpha value is -5.68. The normalized spacial score (nSPS) is 23.4. The molecule has 4 amide bonds. The first-order chi connectivity index (χ1) is 34.4. The highest BCUT2D eigenvalue weighted by Gasteiger charge is 2.64. The SMILES string of the molecule is Cc1ncsc1-c1ccc([C@H](CO)NC(=O)[C@@H]2C[C@@H](O)CN2C(=O)[C@@H](NC(=O)COCCN2[C@H](C)CN(c3ccc(C(=O)N[C@H]4C(C)(C)[C@H](Oc5ccc(C#N)c(Cl)c5)C4(C)C)cn3)C[C@@H]2C)C(C)(C)C)cc1. The average molecular weight is 1040 g/mol. The minimum Gasteiger partial charge on any atom is -0.489 e. The van der Waals surface area contributed by atoms with E-state index in [9.17, 15) is 34.7 Å². The fraction of sp³-hybridized carbons (Fsp3) is 0.537. The number of hydrogen-bond acceptors (Lipinski definition) is 14. The second-order valence-electron chi connectivity index (χ2n) is 22.0. The standard InChI is InChI=1S/C54H70ClN9O8S/c1-31-25-62(43-18-16-37(24-57-43)47(68)61-50-53(7,8)51(54(50,9)10)72-39-17-15-36(23-56)40(55)22-39)26-32(2)63(31)19-20-71-29-44(67)60-46(52(4,5)6)49(70)64-27-38(66)21-42(64)48(69)59-41(28-65)34-11-13-35(14-12-34)45-33(3)58-30-73-45/h11-18,22,24,30-32,38,41-42,46,50-51,65-66H,19-21,25-29H2,1-10H3,(H,59,69)(H,60,67)(H,61,68)/t31-,32+,38-,41+,42+,46-,50-,51-/m1/s1. The van der Waals surface area contributed by atoms with Crippen molar-refractivity contribution >= 4 is 52.4 Å². The number of aromatic nitrogens is 2. The van der Waals surface area contributed by atoms with Gasteiger partial charge in [-0.1, -0.05) is 84.3 Å². The Morgan fingerprint density at radius 1 is 0.973 bits per heavy atom. The van der Waals surface area contributed by atoms with Crippen LogP contribution in [0.3, 0.4) is 0 Å². The van der Waals surface area contributed by atoms with E-state index in [2.05, 4.69) is 78.3 Å². The summed E-state index contributed by atoms with van der Waals surface area (Å²) in [5.74, 6) is -0.383. The second-order valence-corrected chi connectivity index (χ2v) is 23.3. The number of hydrogen-bond donors (Lipinski definition) is 5. The van der Waals surface area contributed by atoms with E-state index in [4.69, 9.17) is 26.1 Å². The number of halogens is 1. The van der Waals surface area contributed by atoms with Crippen molar-refractivity contribution in [1.82, 2.24) is 35.7 Å². The number of amides is 4. The van der Waals surface area contributed by atoms with Crippen LogP contribution in [0.5, 0.6) is 5.75 Å². The first-order valence-corrected chi connectivity index (χ1v) is 26.1. The van der Waals surface area contributed by atoms with E-state index >= 15 is 0 Å². The summed E-state index contributed by atoms with van der Waals surface area (Å²) < 4.78 is 12.3. The quantitative estimate of drug-likeness (QED) is 0.0778. The molecule has 7 rings (SSSR count). The number of pyridine rings is 1. The van der Waals surface area contributed by atoms with Gasteiger partial charge in [-0.15, -0.1) is 11.3 Å². The summed E-state index contributed by atoms with van der Waals surface area (Å²) in [6, 6.07) is 15.5. The molecular formula is C54H70ClN9O8S. The molecule has 5 N–H and O–H groups in total. The minimum atomic E-state index is -1.02. The molecule has 0 radical (unpaired) electrons. The number of β-amino-alcohol motifs (C(OH)–C–C–N with tert-alkyl or cyclic N) is 1. The highest BCUT2D eigenvalue weighted by atomic mass is 35.5. The van der Waals surface area contributed by atoms with Crippen molar-refractivity contribution in [2.75, 3.05) is 50.9 Å². The van der Waals surface area contributed by atoms with E-state index in [1.807, 2.05) is 58.0 Å². The molecule has 3 aliphatic rings. The Kier molecular flexibility index (Phi) is 16.9. The van der Waals surface area contributed by atoms with E-state index in [1.54, 1.807) is 36.0 Å². The van der Waals surface area contributed by atoms with Crippen LogP contribution in [0.4, 0.5) is 5.82 Å². The summed E-state index contributed by atoms with van der Waals surface area (Å²) in [6.07, 6.45) is 0.441. The Labute approximate surface area is 437 Å². The van der Waals surface area contributed by atoms with E-state index in [0.717, 1.165) is 22.0 Å². The predicted octanol–water partition coefficient (Wildman–Crippen LogP) is 5.91. The van der Waals surface area contributed by atoms with E-state index in [-0.39, 0.29) is 62.9 Å². The van der Waals surface area contributed by atoms with Crippen molar-refractivity contribution in [1.29, 1.82) is 5.26 Å². The second kappa shape index (κ2) is 22.4. The summed E-state index contributed by atoms with van der Waals surface area (Å²) in [7, 11) is 0. The van der Waals surface area contributed by atoms with Crippen LogP contribution in [0.1, 0.15) is 102 Å². The number of carbonyl (C=O) groups excluding carboxylic acids is 4. The number of likely N-dealkylation sites (tertiary alicyclic amines) is 1. The van der Waals surface area contributed by atoms with Crippen LogP contribution in [0.15, 0.2) is 66.3 Å². The van der Waals surface area contributed by atoms with Crippen LogP contribution in [0.2, 0.25) is 5.02 Å². The van der Waals surface area contributed by atoms with Gasteiger partial charge < -0.3 is 45.4 Å². The predicted molar refractivity (Wildman–Crippen MR) is 280 cm³/mol. The molecule has 2 saturated heterocycles. The van der Waals surface area contributed by atoms with Crippen LogP contribution in [-0.2, 0) is 19.1 Å². The van der Waals surface area contributed by atoms with Crippen molar-refractivity contribution in [3.05, 3.63) is 93.7 Å². The molecule has 6 atom stereocenters. The molecule has 392 valence electrons. The minimum absolute atomic E-state index is 0.0110. The first-order valence-electron chi connectivity index (χ1n) is 24.9. The Morgan fingerprint density at radius 3 is 2.23 bits per heavy atom. The molecule has 0 bridgehead atoms. The number of piperazine rings is 1. The topological polar surface area (TPSA) is 223 Å². The number of rotatable bonds is 17. The third-order valence-electron chi connectivity index (χ3n) is 14.7. The first kappa shape index (κ1) is 55.1. The summed E-state index contributed by atoms with van der Waals surface area (Å²) in [5, 5.41) is 39.6. The molecule has 0 unspecified atom stereocenters. The molecule has 4 aromatic rings. The Bertz CT molecular complexity index is 2640. The fourth-order valence-electron chi connectivity index (χ4n) is 11.1. The summed E-state index contributed by atoms with van der Waals surface area (Å²) in [5.41, 5.74) is 3.60. The number of benzene rings is 2. The number of nitrogens with one attached hydrogen (secondary N) is 3. The van der Waals surface area contributed by atoms with Gasteiger partial charge in [0.15, 0.2) is 0 Å². The highest BCUT2D eigenvalue weighted by Crippen LogP contribution is 2.55. The van der Waals surface area contributed by atoms with Crippen LogP contribution >= 0.6 is 22.9 Å². The maximum Gasteiger partial charge on any atom is 0.253 e. The number of nitriles is 1. The lowest BCUT2D eigenvalue weighted by atomic mass is 9.49. The maximum atomic E-state index is 14.2. The molecule has 3 fully saturated rings. The van der Waals surface area contributed by atoms with Gasteiger partial charge in [-0.25, -0.2) is 9.97 Å². The van der Waals surface area contributed by atoms with Gasteiger partial charge in [0.1, 0.15) is 42.4 Å². The number of aliphatic hydroxyl groups excluding tert-OH is 2. The van der Waals surface area contributed by atoms with Crippen LogP contribution in [0.25, 0.3) is 10.4 Å². The molecule has 0 spiro atoms. The van der Waals surface area contributed by atoms with E-state index in [0.29, 0.717) is 47.1 Å². The number of thiazole rings is 1. The van der Waals surface area contributed by atoms with Crippen LogP contribution < -0.4 is 25.6 Å². The molecule has 1 aliphatic carbocycles. The zero-order chi connectivity index (χ0) is 53.2. The van der Waals surface area contributed by atoms with Crippen molar-refractivity contribution in [3.8, 4) is 22.3 Å².